The number of piperidine rings is 1. The van der Waals surface area contributed by atoms with Gasteiger partial charge in [0.15, 0.2) is 0 Å². The van der Waals surface area contributed by atoms with E-state index in [1.54, 1.807) is 7.11 Å². The first kappa shape index (κ1) is 11.2. The molecule has 17 heavy (non-hydrogen) atoms. The van der Waals surface area contributed by atoms with Crippen molar-refractivity contribution in [3.05, 3.63) is 35.4 Å². The Balaban J connectivity index is 2.10. The molecule has 2 aliphatic rings. The molecule has 0 amide bonds. The summed E-state index contributed by atoms with van der Waals surface area (Å²) in [7, 11) is 1.69. The first-order valence-corrected chi connectivity index (χ1v) is 6.30. The van der Waals surface area contributed by atoms with E-state index < -0.39 is 6.10 Å². The van der Waals surface area contributed by atoms with Gasteiger partial charge < -0.3 is 15.2 Å². The summed E-state index contributed by atoms with van der Waals surface area (Å²) >= 11 is 0. The van der Waals surface area contributed by atoms with Gasteiger partial charge in [0.1, 0.15) is 6.10 Å². The van der Waals surface area contributed by atoms with Gasteiger partial charge in [-0.2, -0.15) is 0 Å². The van der Waals surface area contributed by atoms with Gasteiger partial charge in [0.25, 0.3) is 0 Å². The summed E-state index contributed by atoms with van der Waals surface area (Å²) in [5, 5.41) is 14.0. The highest BCUT2D eigenvalue weighted by molar-refractivity contribution is 5.44. The summed E-state index contributed by atoms with van der Waals surface area (Å²) in [6, 6.07) is 8.33. The summed E-state index contributed by atoms with van der Waals surface area (Å²) in [5.74, 6) is 0. The SMILES string of the molecule is CO[C@H]1c2ccccc2C2(CCNCC2)[C@@H]1O. The second-order valence-electron chi connectivity index (χ2n) is 5.09. The maximum absolute atomic E-state index is 10.6. The predicted molar refractivity (Wildman–Crippen MR) is 66.0 cm³/mol. The predicted octanol–water partition coefficient (Wildman–Crippen LogP) is 1.37. The smallest absolute Gasteiger partial charge is 0.109 e. The molecular weight excluding hydrogens is 214 g/mol. The van der Waals surface area contributed by atoms with Crippen LogP contribution in [-0.4, -0.2) is 31.4 Å². The van der Waals surface area contributed by atoms with Crippen LogP contribution in [0.1, 0.15) is 30.1 Å². The van der Waals surface area contributed by atoms with Gasteiger partial charge in [-0.3, -0.25) is 0 Å². The lowest BCUT2D eigenvalue weighted by Gasteiger charge is -2.38. The number of ether oxygens (including phenoxy) is 1. The molecule has 2 atom stereocenters. The van der Waals surface area contributed by atoms with Gasteiger partial charge in [-0.1, -0.05) is 24.3 Å². The standard InChI is InChI=1S/C14H19NO2/c1-17-12-10-4-2-3-5-11(10)14(13(12)16)6-8-15-9-7-14/h2-5,12-13,15-16H,6-9H2,1H3/t12-,13+/m0/s1. The molecule has 92 valence electrons. The largest absolute Gasteiger partial charge is 0.389 e. The average Bonchev–Trinajstić information content (AvgIpc) is 2.61. The van der Waals surface area contributed by atoms with Crippen molar-refractivity contribution < 1.29 is 9.84 Å². The number of aliphatic hydroxyl groups excluding tert-OH is 1. The van der Waals surface area contributed by atoms with E-state index in [2.05, 4.69) is 23.5 Å². The first-order chi connectivity index (χ1) is 8.29. The minimum absolute atomic E-state index is 0.0947. The molecule has 1 saturated heterocycles. The number of hydrogen-bond acceptors (Lipinski definition) is 3. The zero-order chi connectivity index (χ0) is 11.9. The minimum Gasteiger partial charge on any atom is -0.389 e. The summed E-state index contributed by atoms with van der Waals surface area (Å²) in [6.07, 6.45) is 1.41. The van der Waals surface area contributed by atoms with Gasteiger partial charge in [0, 0.05) is 12.5 Å². The Labute approximate surface area is 102 Å². The molecule has 2 N–H and O–H groups in total. The van der Waals surface area contributed by atoms with Crippen LogP contribution in [0.3, 0.4) is 0 Å². The van der Waals surface area contributed by atoms with Gasteiger partial charge in [-0.05, 0) is 37.1 Å². The molecule has 3 rings (SSSR count). The molecule has 0 saturated carbocycles. The fraction of sp³-hybridized carbons (Fsp3) is 0.571. The van der Waals surface area contributed by atoms with Crippen LogP contribution in [-0.2, 0) is 10.2 Å². The van der Waals surface area contributed by atoms with Crippen LogP contribution in [0.4, 0.5) is 0 Å². The van der Waals surface area contributed by atoms with Crippen LogP contribution < -0.4 is 5.32 Å². The highest BCUT2D eigenvalue weighted by Gasteiger charge is 2.51. The fourth-order valence-electron chi connectivity index (χ4n) is 3.51. The molecule has 0 aromatic heterocycles. The molecule has 0 radical (unpaired) electrons. The van der Waals surface area contributed by atoms with Crippen molar-refractivity contribution >= 4 is 0 Å². The second kappa shape index (κ2) is 4.09. The van der Waals surface area contributed by atoms with E-state index >= 15 is 0 Å². The van der Waals surface area contributed by atoms with Crippen molar-refractivity contribution in [2.45, 2.75) is 30.5 Å². The van der Waals surface area contributed by atoms with E-state index in [1.807, 2.05) is 6.07 Å². The van der Waals surface area contributed by atoms with Crippen molar-refractivity contribution in [2.24, 2.45) is 0 Å². The Morgan fingerprint density at radius 3 is 2.71 bits per heavy atom. The molecule has 0 unspecified atom stereocenters. The van der Waals surface area contributed by atoms with E-state index in [-0.39, 0.29) is 11.5 Å². The molecule has 3 heteroatoms. The van der Waals surface area contributed by atoms with Gasteiger partial charge >= 0.3 is 0 Å². The summed E-state index contributed by atoms with van der Waals surface area (Å²) in [4.78, 5) is 0. The summed E-state index contributed by atoms with van der Waals surface area (Å²) < 4.78 is 5.51. The molecule has 1 fully saturated rings. The summed E-state index contributed by atoms with van der Waals surface area (Å²) in [5.41, 5.74) is 2.37. The minimum atomic E-state index is -0.410. The van der Waals surface area contributed by atoms with Crippen LogP contribution in [0.25, 0.3) is 0 Å². The van der Waals surface area contributed by atoms with Crippen LogP contribution in [0.5, 0.6) is 0 Å². The summed E-state index contributed by atoms with van der Waals surface area (Å²) in [6.45, 7) is 1.95. The van der Waals surface area contributed by atoms with Crippen LogP contribution in [0.15, 0.2) is 24.3 Å². The first-order valence-electron chi connectivity index (χ1n) is 6.30. The molecule has 3 nitrogen and oxygen atoms in total. The number of fused-ring (bicyclic) bond motifs is 2. The Morgan fingerprint density at radius 1 is 1.29 bits per heavy atom. The number of rotatable bonds is 1. The number of hydrogen-bond donors (Lipinski definition) is 2. The molecule has 0 bridgehead atoms. The zero-order valence-corrected chi connectivity index (χ0v) is 10.1. The highest BCUT2D eigenvalue weighted by atomic mass is 16.5. The fourth-order valence-corrected chi connectivity index (χ4v) is 3.51. The Bertz CT molecular complexity index is 412. The van der Waals surface area contributed by atoms with Crippen LogP contribution in [0.2, 0.25) is 0 Å². The molecule has 1 aromatic rings. The Kier molecular flexibility index (Phi) is 2.69. The number of methoxy groups -OCH3 is 1. The normalized spacial score (nSPS) is 30.5. The van der Waals surface area contributed by atoms with E-state index in [0.717, 1.165) is 25.9 Å². The van der Waals surface area contributed by atoms with Crippen molar-refractivity contribution in [3.8, 4) is 0 Å². The quantitative estimate of drug-likeness (QED) is 0.770. The second-order valence-corrected chi connectivity index (χ2v) is 5.09. The van der Waals surface area contributed by atoms with Crippen LogP contribution in [0, 0.1) is 0 Å². The van der Waals surface area contributed by atoms with E-state index in [4.69, 9.17) is 4.74 Å². The molecule has 1 aliphatic carbocycles. The van der Waals surface area contributed by atoms with E-state index in [0.29, 0.717) is 0 Å². The van der Waals surface area contributed by atoms with E-state index in [1.165, 1.54) is 11.1 Å². The Hall–Kier alpha value is -0.900. The molecule has 1 heterocycles. The maximum Gasteiger partial charge on any atom is 0.109 e. The van der Waals surface area contributed by atoms with Crippen LogP contribution >= 0.6 is 0 Å². The molecule has 1 aliphatic heterocycles. The number of benzene rings is 1. The molecular formula is C14H19NO2. The third-order valence-corrected chi connectivity index (χ3v) is 4.41. The van der Waals surface area contributed by atoms with Crippen molar-refractivity contribution in [1.82, 2.24) is 5.32 Å². The number of aliphatic hydroxyl groups is 1. The van der Waals surface area contributed by atoms with Crippen molar-refractivity contribution in [3.63, 3.8) is 0 Å². The topological polar surface area (TPSA) is 41.5 Å². The van der Waals surface area contributed by atoms with Gasteiger partial charge in [-0.25, -0.2) is 0 Å². The van der Waals surface area contributed by atoms with Gasteiger partial charge in [0.05, 0.1) is 6.10 Å². The van der Waals surface area contributed by atoms with E-state index in [9.17, 15) is 5.11 Å². The third-order valence-electron chi connectivity index (χ3n) is 4.41. The van der Waals surface area contributed by atoms with Gasteiger partial charge in [-0.15, -0.1) is 0 Å². The number of nitrogens with one attached hydrogen (secondary N) is 1. The Morgan fingerprint density at radius 2 is 2.00 bits per heavy atom. The maximum atomic E-state index is 10.6. The van der Waals surface area contributed by atoms with Crippen molar-refractivity contribution in [1.29, 1.82) is 0 Å². The third kappa shape index (κ3) is 1.46. The van der Waals surface area contributed by atoms with Crippen molar-refractivity contribution in [2.75, 3.05) is 20.2 Å². The molecule has 1 spiro atoms. The molecule has 1 aromatic carbocycles. The zero-order valence-electron chi connectivity index (χ0n) is 10.1. The van der Waals surface area contributed by atoms with Gasteiger partial charge in [0.2, 0.25) is 0 Å². The lowest BCUT2D eigenvalue weighted by Crippen LogP contribution is -2.46. The lowest BCUT2D eigenvalue weighted by atomic mass is 9.72. The monoisotopic (exact) mass is 233 g/mol. The average molecular weight is 233 g/mol. The highest BCUT2D eigenvalue weighted by Crippen LogP contribution is 2.50. The lowest BCUT2D eigenvalue weighted by molar-refractivity contribution is -0.0463.